The predicted octanol–water partition coefficient (Wildman–Crippen LogP) is 4.60. The number of aryl methyl sites for hydroxylation is 2. The number of hydrogen-bond acceptors (Lipinski definition) is 2. The van der Waals surface area contributed by atoms with E-state index in [0.29, 0.717) is 10.8 Å². The Morgan fingerprint density at radius 2 is 1.74 bits per heavy atom. The summed E-state index contributed by atoms with van der Waals surface area (Å²) in [4.78, 5) is 12.3. The lowest BCUT2D eigenvalue weighted by atomic mass is 10.00. The zero-order chi connectivity index (χ0) is 17.0. The molecule has 0 spiro atoms. The van der Waals surface area contributed by atoms with Crippen molar-refractivity contribution in [1.29, 1.82) is 0 Å². The number of benzene rings is 2. The molecular formula is C19H22ClNO2. The molecule has 2 aromatic rings. The minimum absolute atomic E-state index is 0.0707. The fraction of sp³-hybridized carbons (Fsp3) is 0.316. The van der Waals surface area contributed by atoms with Gasteiger partial charge in [-0.05, 0) is 63.1 Å². The van der Waals surface area contributed by atoms with Crippen molar-refractivity contribution in [3.63, 3.8) is 0 Å². The van der Waals surface area contributed by atoms with E-state index in [4.69, 9.17) is 16.3 Å². The first-order valence-electron chi connectivity index (χ1n) is 7.66. The highest BCUT2D eigenvalue weighted by Crippen LogP contribution is 2.20. The normalized spacial score (nSPS) is 13.3. The third kappa shape index (κ3) is 4.73. The maximum absolute atomic E-state index is 12.3. The molecule has 0 fully saturated rings. The van der Waals surface area contributed by atoms with Gasteiger partial charge in [0.25, 0.3) is 5.91 Å². The Balaban J connectivity index is 2.00. The molecule has 0 radical (unpaired) electrons. The topological polar surface area (TPSA) is 38.3 Å². The molecule has 2 rings (SSSR count). The van der Waals surface area contributed by atoms with Gasteiger partial charge in [-0.3, -0.25) is 4.79 Å². The predicted molar refractivity (Wildman–Crippen MR) is 94.0 cm³/mol. The Labute approximate surface area is 142 Å². The van der Waals surface area contributed by atoms with E-state index >= 15 is 0 Å². The minimum atomic E-state index is -0.580. The molecule has 0 unspecified atom stereocenters. The van der Waals surface area contributed by atoms with Crippen LogP contribution in [-0.2, 0) is 4.79 Å². The summed E-state index contributed by atoms with van der Waals surface area (Å²) in [7, 11) is 0. The van der Waals surface area contributed by atoms with Gasteiger partial charge in [0.1, 0.15) is 5.75 Å². The zero-order valence-electron chi connectivity index (χ0n) is 13.9. The molecule has 1 N–H and O–H groups in total. The maximum Gasteiger partial charge on any atom is 0.261 e. The molecule has 4 heteroatoms. The molecule has 2 atom stereocenters. The average Bonchev–Trinajstić information content (AvgIpc) is 2.51. The van der Waals surface area contributed by atoms with Crippen molar-refractivity contribution in [3.05, 3.63) is 64.2 Å². The van der Waals surface area contributed by atoms with Crippen LogP contribution in [0.25, 0.3) is 0 Å². The Bertz CT molecular complexity index is 682. The summed E-state index contributed by atoms with van der Waals surface area (Å²) in [6.07, 6.45) is -0.580. The van der Waals surface area contributed by atoms with E-state index in [1.165, 1.54) is 5.56 Å². The van der Waals surface area contributed by atoms with E-state index in [0.717, 1.165) is 11.1 Å². The number of nitrogens with one attached hydrogen (secondary N) is 1. The second-order valence-corrected chi connectivity index (χ2v) is 6.24. The third-order valence-corrected chi connectivity index (χ3v) is 4.01. The van der Waals surface area contributed by atoms with E-state index in [2.05, 4.69) is 23.5 Å². The largest absolute Gasteiger partial charge is 0.481 e. The molecule has 0 saturated carbocycles. The van der Waals surface area contributed by atoms with Crippen molar-refractivity contribution >= 4 is 17.5 Å². The smallest absolute Gasteiger partial charge is 0.261 e. The van der Waals surface area contributed by atoms with Gasteiger partial charge in [-0.1, -0.05) is 35.4 Å². The highest BCUT2D eigenvalue weighted by molar-refractivity contribution is 6.30. The van der Waals surface area contributed by atoms with Crippen LogP contribution in [-0.4, -0.2) is 12.0 Å². The van der Waals surface area contributed by atoms with Gasteiger partial charge in [0, 0.05) is 5.02 Å². The van der Waals surface area contributed by atoms with Crippen LogP contribution in [0.2, 0.25) is 5.02 Å². The van der Waals surface area contributed by atoms with Gasteiger partial charge in [0.05, 0.1) is 6.04 Å². The summed E-state index contributed by atoms with van der Waals surface area (Å²) in [6, 6.07) is 13.1. The molecule has 2 aromatic carbocycles. The van der Waals surface area contributed by atoms with E-state index < -0.39 is 6.10 Å². The van der Waals surface area contributed by atoms with Crippen LogP contribution < -0.4 is 10.1 Å². The summed E-state index contributed by atoms with van der Waals surface area (Å²) in [5.74, 6) is 0.477. The molecule has 3 nitrogen and oxygen atoms in total. The molecule has 23 heavy (non-hydrogen) atoms. The molecule has 0 aliphatic carbocycles. The van der Waals surface area contributed by atoms with Crippen LogP contribution in [0.3, 0.4) is 0 Å². The number of hydrogen-bond donors (Lipinski definition) is 1. The fourth-order valence-electron chi connectivity index (χ4n) is 2.41. The number of rotatable bonds is 5. The van der Waals surface area contributed by atoms with E-state index in [9.17, 15) is 4.79 Å². The Morgan fingerprint density at radius 3 is 2.39 bits per heavy atom. The van der Waals surface area contributed by atoms with Crippen LogP contribution in [0.4, 0.5) is 0 Å². The molecule has 0 aromatic heterocycles. The minimum Gasteiger partial charge on any atom is -0.481 e. The van der Waals surface area contributed by atoms with Crippen LogP contribution in [0, 0.1) is 13.8 Å². The first kappa shape index (κ1) is 17.4. The second-order valence-electron chi connectivity index (χ2n) is 5.80. The third-order valence-electron chi connectivity index (χ3n) is 3.76. The van der Waals surface area contributed by atoms with E-state index in [1.54, 1.807) is 31.2 Å². The molecule has 0 aliphatic rings. The van der Waals surface area contributed by atoms with Gasteiger partial charge in [-0.2, -0.15) is 0 Å². The summed E-state index contributed by atoms with van der Waals surface area (Å²) < 4.78 is 5.65. The van der Waals surface area contributed by atoms with Gasteiger partial charge in [-0.25, -0.2) is 0 Å². The lowest BCUT2D eigenvalue weighted by Gasteiger charge is -2.20. The summed E-state index contributed by atoms with van der Waals surface area (Å²) >= 11 is 5.84. The lowest BCUT2D eigenvalue weighted by Crippen LogP contribution is -2.38. The number of halogens is 1. The lowest BCUT2D eigenvalue weighted by molar-refractivity contribution is -0.127. The Kier molecular flexibility index (Phi) is 5.67. The maximum atomic E-state index is 12.3. The van der Waals surface area contributed by atoms with Crippen molar-refractivity contribution in [2.75, 3.05) is 0 Å². The van der Waals surface area contributed by atoms with Gasteiger partial charge in [0.2, 0.25) is 0 Å². The van der Waals surface area contributed by atoms with Gasteiger partial charge >= 0.3 is 0 Å². The Hall–Kier alpha value is -2.00. The zero-order valence-corrected chi connectivity index (χ0v) is 14.6. The van der Waals surface area contributed by atoms with Crippen molar-refractivity contribution in [1.82, 2.24) is 5.32 Å². The second kappa shape index (κ2) is 7.51. The van der Waals surface area contributed by atoms with Gasteiger partial charge in [-0.15, -0.1) is 0 Å². The molecule has 1 amide bonds. The number of ether oxygens (including phenoxy) is 1. The molecular weight excluding hydrogens is 310 g/mol. The average molecular weight is 332 g/mol. The highest BCUT2D eigenvalue weighted by Gasteiger charge is 2.18. The molecule has 0 aliphatic heterocycles. The van der Waals surface area contributed by atoms with Crippen molar-refractivity contribution < 1.29 is 9.53 Å². The Morgan fingerprint density at radius 1 is 1.09 bits per heavy atom. The first-order chi connectivity index (χ1) is 10.9. The first-order valence-corrected chi connectivity index (χ1v) is 8.04. The highest BCUT2D eigenvalue weighted by atomic mass is 35.5. The summed E-state index contributed by atoms with van der Waals surface area (Å²) in [6.45, 7) is 7.81. The number of amides is 1. The SMILES string of the molecule is Cc1ccc(C)c([C@@H](C)NC(=O)[C@@H](C)Oc2ccc(Cl)cc2)c1. The summed E-state index contributed by atoms with van der Waals surface area (Å²) in [5.41, 5.74) is 3.46. The molecule has 122 valence electrons. The quantitative estimate of drug-likeness (QED) is 0.869. The van der Waals surface area contributed by atoms with E-state index in [1.807, 2.05) is 20.8 Å². The van der Waals surface area contributed by atoms with Crippen LogP contribution in [0.1, 0.15) is 36.6 Å². The van der Waals surface area contributed by atoms with Crippen molar-refractivity contribution in [3.8, 4) is 5.75 Å². The van der Waals surface area contributed by atoms with Gasteiger partial charge < -0.3 is 10.1 Å². The van der Waals surface area contributed by atoms with Crippen molar-refractivity contribution in [2.45, 2.75) is 39.8 Å². The van der Waals surface area contributed by atoms with Crippen LogP contribution >= 0.6 is 11.6 Å². The standard InChI is InChI=1S/C19H22ClNO2/c1-12-5-6-13(2)18(11-12)14(3)21-19(22)15(4)23-17-9-7-16(20)8-10-17/h5-11,14-15H,1-4H3,(H,21,22)/t14-,15-/m1/s1. The molecule has 0 bridgehead atoms. The van der Waals surface area contributed by atoms with E-state index in [-0.39, 0.29) is 11.9 Å². The fourth-order valence-corrected chi connectivity index (χ4v) is 2.53. The number of carbonyl (C=O) groups is 1. The molecule has 0 saturated heterocycles. The molecule has 0 heterocycles. The van der Waals surface area contributed by atoms with Gasteiger partial charge in [0.15, 0.2) is 6.10 Å². The van der Waals surface area contributed by atoms with Crippen molar-refractivity contribution in [2.24, 2.45) is 0 Å². The number of carbonyl (C=O) groups excluding carboxylic acids is 1. The van der Waals surface area contributed by atoms with Crippen LogP contribution in [0.15, 0.2) is 42.5 Å². The summed E-state index contributed by atoms with van der Waals surface area (Å²) in [5, 5.41) is 3.64. The van der Waals surface area contributed by atoms with Crippen LogP contribution in [0.5, 0.6) is 5.75 Å². The monoisotopic (exact) mass is 331 g/mol.